The molecule has 0 amide bonds. The summed E-state index contributed by atoms with van der Waals surface area (Å²) in [6, 6.07) is 0. The van der Waals surface area contributed by atoms with E-state index in [2.05, 4.69) is 30.6 Å². The highest BCUT2D eigenvalue weighted by atomic mass is 32.1. The smallest absolute Gasteiger partial charge is 0.237 e. The van der Waals surface area contributed by atoms with E-state index in [9.17, 15) is 5.11 Å². The van der Waals surface area contributed by atoms with E-state index in [1.807, 2.05) is 13.8 Å². The van der Waals surface area contributed by atoms with Gasteiger partial charge >= 0.3 is 0 Å². The number of nitrogens with two attached hydrogens (primary N) is 1. The van der Waals surface area contributed by atoms with E-state index < -0.39 is 5.60 Å². The fourth-order valence-electron chi connectivity index (χ4n) is 4.73. The third-order valence-electron chi connectivity index (χ3n) is 6.81. The standard InChI is InChI=1S/C23H32N8O2S/c1-23(2,32)17-3-5-30(6-4-17)13-16-14-34-20-18(15-11-25-21(29-24)26-12-15)27-22(28-19(16)20)31-7-9-33-10-8-31/h11-12,14,17,32H,3-10,13,24H2,1-2H3,(H,25,26,29). The van der Waals surface area contributed by atoms with Crippen molar-refractivity contribution in [3.05, 3.63) is 23.3 Å². The zero-order valence-corrected chi connectivity index (χ0v) is 20.5. The molecule has 2 aliphatic rings. The molecule has 0 saturated carbocycles. The Morgan fingerprint density at radius 2 is 1.85 bits per heavy atom. The number of nitrogens with one attached hydrogen (secondary N) is 1. The summed E-state index contributed by atoms with van der Waals surface area (Å²) >= 11 is 1.66. The molecule has 5 heterocycles. The molecule has 3 aromatic rings. The summed E-state index contributed by atoms with van der Waals surface area (Å²) in [7, 11) is 0. The third kappa shape index (κ3) is 4.84. The number of thiophene rings is 1. The Balaban J connectivity index is 1.47. The predicted octanol–water partition coefficient (Wildman–Crippen LogP) is 2.25. The lowest BCUT2D eigenvalue weighted by Gasteiger charge is -2.37. The first-order valence-corrected chi connectivity index (χ1v) is 12.6. The Hall–Kier alpha value is -2.44. The topological polar surface area (TPSA) is 126 Å². The lowest BCUT2D eigenvalue weighted by molar-refractivity contribution is -0.0135. The first-order chi connectivity index (χ1) is 16.4. The van der Waals surface area contributed by atoms with Crippen LogP contribution in [0.1, 0.15) is 32.3 Å². The van der Waals surface area contributed by atoms with Crippen molar-refractivity contribution in [2.24, 2.45) is 11.8 Å². The highest BCUT2D eigenvalue weighted by Gasteiger charge is 2.31. The summed E-state index contributed by atoms with van der Waals surface area (Å²) in [6.45, 7) is 9.50. The number of morpholine rings is 1. The van der Waals surface area contributed by atoms with Gasteiger partial charge in [-0.15, -0.1) is 11.3 Å². The number of hydrogen-bond donors (Lipinski definition) is 3. The van der Waals surface area contributed by atoms with Crippen molar-refractivity contribution in [2.75, 3.05) is 49.7 Å². The molecule has 2 aliphatic heterocycles. The van der Waals surface area contributed by atoms with Crippen LogP contribution in [0.5, 0.6) is 0 Å². The fourth-order valence-corrected chi connectivity index (χ4v) is 5.74. The van der Waals surface area contributed by atoms with E-state index in [0.29, 0.717) is 31.0 Å². The van der Waals surface area contributed by atoms with Crippen molar-refractivity contribution < 1.29 is 9.84 Å². The highest BCUT2D eigenvalue weighted by Crippen LogP contribution is 2.36. The van der Waals surface area contributed by atoms with Gasteiger partial charge in [0, 0.05) is 43.2 Å². The van der Waals surface area contributed by atoms with Crippen molar-refractivity contribution >= 4 is 33.5 Å². The van der Waals surface area contributed by atoms with Gasteiger partial charge in [-0.1, -0.05) is 0 Å². The summed E-state index contributed by atoms with van der Waals surface area (Å²) in [6.07, 6.45) is 5.50. The van der Waals surface area contributed by atoms with E-state index in [1.165, 1.54) is 5.56 Å². The van der Waals surface area contributed by atoms with Crippen LogP contribution in [-0.2, 0) is 11.3 Å². The van der Waals surface area contributed by atoms with Crippen molar-refractivity contribution in [1.82, 2.24) is 24.8 Å². The Labute approximate surface area is 203 Å². The molecule has 0 unspecified atom stereocenters. The van der Waals surface area contributed by atoms with Crippen LogP contribution in [0.2, 0.25) is 0 Å². The number of hydrazine groups is 1. The number of nitrogen functional groups attached to an aromatic ring is 1. The Morgan fingerprint density at radius 3 is 2.50 bits per heavy atom. The molecule has 0 bridgehead atoms. The monoisotopic (exact) mass is 484 g/mol. The minimum Gasteiger partial charge on any atom is -0.390 e. The predicted molar refractivity (Wildman–Crippen MR) is 134 cm³/mol. The van der Waals surface area contributed by atoms with Crippen molar-refractivity contribution in [3.8, 4) is 11.3 Å². The van der Waals surface area contributed by atoms with E-state index in [1.54, 1.807) is 23.7 Å². The van der Waals surface area contributed by atoms with Gasteiger partial charge in [-0.05, 0) is 51.1 Å². The van der Waals surface area contributed by atoms with E-state index in [0.717, 1.165) is 67.0 Å². The number of fused-ring (bicyclic) bond motifs is 1. The summed E-state index contributed by atoms with van der Waals surface area (Å²) < 4.78 is 6.57. The first kappa shape index (κ1) is 23.3. The molecule has 2 fully saturated rings. The van der Waals surface area contributed by atoms with Crippen molar-refractivity contribution in [3.63, 3.8) is 0 Å². The number of rotatable bonds is 6. The lowest BCUT2D eigenvalue weighted by atomic mass is 9.83. The van der Waals surface area contributed by atoms with Crippen molar-refractivity contribution in [2.45, 2.75) is 38.8 Å². The second-order valence-corrected chi connectivity index (χ2v) is 10.4. The second-order valence-electron chi connectivity index (χ2n) is 9.55. The van der Waals surface area contributed by atoms with Gasteiger partial charge < -0.3 is 14.7 Å². The Morgan fingerprint density at radius 1 is 1.15 bits per heavy atom. The molecule has 10 nitrogen and oxygen atoms in total. The average Bonchev–Trinajstić information content (AvgIpc) is 3.26. The van der Waals surface area contributed by atoms with Gasteiger partial charge in [-0.2, -0.15) is 0 Å². The second kappa shape index (κ2) is 9.67. The number of piperidine rings is 1. The lowest BCUT2D eigenvalue weighted by Crippen LogP contribution is -2.41. The van der Waals surface area contributed by atoms with Gasteiger partial charge in [0.05, 0.1) is 34.7 Å². The van der Waals surface area contributed by atoms with Crippen LogP contribution in [0.3, 0.4) is 0 Å². The molecule has 3 aromatic heterocycles. The number of anilines is 2. The van der Waals surface area contributed by atoms with Crippen LogP contribution in [0.15, 0.2) is 17.8 Å². The van der Waals surface area contributed by atoms with Crippen LogP contribution >= 0.6 is 11.3 Å². The van der Waals surface area contributed by atoms with E-state index in [4.69, 9.17) is 20.5 Å². The summed E-state index contributed by atoms with van der Waals surface area (Å²) in [5.41, 5.74) is 5.73. The molecule has 0 atom stereocenters. The molecule has 5 rings (SSSR count). The highest BCUT2D eigenvalue weighted by molar-refractivity contribution is 7.17. The van der Waals surface area contributed by atoms with E-state index >= 15 is 0 Å². The molecule has 0 aromatic carbocycles. The molecule has 0 radical (unpaired) electrons. The van der Waals surface area contributed by atoms with Gasteiger partial charge in [0.15, 0.2) is 0 Å². The molecule has 4 N–H and O–H groups in total. The average molecular weight is 485 g/mol. The molecular formula is C23H32N8O2S. The van der Waals surface area contributed by atoms with Crippen LogP contribution in [0.25, 0.3) is 21.5 Å². The maximum Gasteiger partial charge on any atom is 0.237 e. The molecule has 182 valence electrons. The maximum atomic E-state index is 10.4. The molecule has 2 saturated heterocycles. The molecule has 11 heteroatoms. The Bertz CT molecular complexity index is 1120. The largest absolute Gasteiger partial charge is 0.390 e. The molecule has 0 aliphatic carbocycles. The zero-order chi connectivity index (χ0) is 23.7. The summed E-state index contributed by atoms with van der Waals surface area (Å²) in [5.74, 6) is 6.86. The number of hydrogen-bond acceptors (Lipinski definition) is 11. The number of likely N-dealkylation sites (tertiary alicyclic amines) is 1. The van der Waals surface area contributed by atoms with Gasteiger partial charge in [0.2, 0.25) is 11.9 Å². The minimum atomic E-state index is -0.618. The fraction of sp³-hybridized carbons (Fsp3) is 0.565. The minimum absolute atomic E-state index is 0.343. The molecule has 0 spiro atoms. The molecular weight excluding hydrogens is 452 g/mol. The zero-order valence-electron chi connectivity index (χ0n) is 19.7. The normalized spacial score (nSPS) is 18.5. The number of aliphatic hydroxyl groups is 1. The van der Waals surface area contributed by atoms with Crippen LogP contribution in [0, 0.1) is 5.92 Å². The summed E-state index contributed by atoms with van der Waals surface area (Å²) in [5, 5.41) is 12.6. The quantitative estimate of drug-likeness (QED) is 0.354. The Kier molecular flexibility index (Phi) is 6.63. The molecule has 34 heavy (non-hydrogen) atoms. The van der Waals surface area contributed by atoms with Crippen LogP contribution in [0.4, 0.5) is 11.9 Å². The third-order valence-corrected chi connectivity index (χ3v) is 7.83. The maximum absolute atomic E-state index is 10.4. The summed E-state index contributed by atoms with van der Waals surface area (Å²) in [4.78, 5) is 23.2. The SMILES string of the molecule is CC(C)(O)C1CCN(Cc2csc3c(-c4cnc(NN)nc4)nc(N4CCOCC4)nc23)CC1. The van der Waals surface area contributed by atoms with Gasteiger partial charge in [0.1, 0.15) is 0 Å². The van der Waals surface area contributed by atoms with Gasteiger partial charge in [-0.3, -0.25) is 10.3 Å². The number of ether oxygens (including phenoxy) is 1. The number of nitrogens with zero attached hydrogens (tertiary/aromatic N) is 6. The number of aromatic nitrogens is 4. The van der Waals surface area contributed by atoms with Crippen LogP contribution < -0.4 is 16.2 Å². The van der Waals surface area contributed by atoms with Crippen molar-refractivity contribution in [1.29, 1.82) is 0 Å². The first-order valence-electron chi connectivity index (χ1n) is 11.8. The van der Waals surface area contributed by atoms with Crippen LogP contribution in [-0.4, -0.2) is 74.9 Å². The van der Waals surface area contributed by atoms with Gasteiger partial charge in [0.25, 0.3) is 0 Å². The van der Waals surface area contributed by atoms with E-state index in [-0.39, 0.29) is 0 Å². The van der Waals surface area contributed by atoms with Gasteiger partial charge in [-0.25, -0.2) is 25.8 Å².